The van der Waals surface area contributed by atoms with Crippen molar-refractivity contribution in [3.05, 3.63) is 0 Å². The molecule has 8 unspecified atom stereocenters. The fourth-order valence-corrected chi connectivity index (χ4v) is 3.19. The normalized spacial score (nSPS) is 15.9. The van der Waals surface area contributed by atoms with Gasteiger partial charge < -0.3 is 79.7 Å². The molecule has 0 amide bonds. The number of hydrogen-bond acceptors (Lipinski definition) is 28. The topological polar surface area (TPSA) is 527 Å². The summed E-state index contributed by atoms with van der Waals surface area (Å²) in [4.78, 5) is 80.1. The number of rotatable bonds is 12. The third kappa shape index (κ3) is 24.6. The van der Waals surface area contributed by atoms with Crippen molar-refractivity contribution in [2.24, 2.45) is 0 Å². The molecule has 0 saturated carbocycles. The van der Waals surface area contributed by atoms with Crippen LogP contribution < -0.4 is 29.6 Å². The van der Waals surface area contributed by atoms with Crippen LogP contribution >= 0.6 is 0 Å². The summed E-state index contributed by atoms with van der Waals surface area (Å²) in [5.41, 5.74) is 0. The molecule has 0 aliphatic rings. The summed E-state index contributed by atoms with van der Waals surface area (Å²) < 4.78 is 119. The van der Waals surface area contributed by atoms with Gasteiger partial charge in [0.2, 0.25) is 0 Å². The first-order valence-electron chi connectivity index (χ1n) is 10.5. The summed E-state index contributed by atoms with van der Waals surface area (Å²) in [6.07, 6.45) is -19.8. The Balaban J connectivity index is -0.0000000993. The molecular weight excluding hydrogens is 910 g/mol. The zero-order chi connectivity index (χ0) is 39.8. The van der Waals surface area contributed by atoms with Crippen LogP contribution in [0.5, 0.6) is 0 Å². The van der Waals surface area contributed by atoms with Crippen LogP contribution in [0.3, 0.4) is 0 Å². The van der Waals surface area contributed by atoms with Gasteiger partial charge in [-0.3, -0.25) is 19.2 Å². The molecule has 34 heteroatoms. The molecule has 0 aliphatic heterocycles. The summed E-state index contributed by atoms with van der Waals surface area (Å²) in [6, 6.07) is 0. The van der Waals surface area contributed by atoms with Crippen molar-refractivity contribution in [3.63, 3.8) is 0 Å². The van der Waals surface area contributed by atoms with Crippen molar-refractivity contribution in [2.45, 2.75) is 48.8 Å². The van der Waals surface area contributed by atoms with Gasteiger partial charge in [0.25, 0.3) is 20.5 Å². The molecule has 8 N–H and O–H groups in total. The van der Waals surface area contributed by atoms with Gasteiger partial charge >= 0.3 is 53.5 Å². The maximum atomic E-state index is 10.3. The van der Waals surface area contributed by atoms with E-state index in [0.717, 1.165) is 0 Å². The molecule has 8 atom stereocenters. The fourth-order valence-electron chi connectivity index (χ4n) is 1.45. The molecule has 0 aromatic carbocycles. The van der Waals surface area contributed by atoms with Gasteiger partial charge in [0.1, 0.15) is 24.4 Å². The monoisotopic (exact) mass is 932 g/mol. The molecule has 0 heterocycles. The van der Waals surface area contributed by atoms with Gasteiger partial charge in [-0.2, -0.15) is 0 Å². The maximum Gasteiger partial charge on any atom is 4.00 e. The third-order valence-corrected chi connectivity index (χ3v) is 6.74. The minimum absolute atomic E-state index is 0. The van der Waals surface area contributed by atoms with Crippen molar-refractivity contribution in [3.8, 4) is 0 Å². The van der Waals surface area contributed by atoms with E-state index < -0.39 is 110 Å². The van der Waals surface area contributed by atoms with E-state index in [9.17, 15) is 90.2 Å². The van der Waals surface area contributed by atoms with Crippen LogP contribution in [0.15, 0.2) is 0 Å². The standard InChI is InChI=1S/4C4H6O7S.Na.Sn.H/c4*5-1-2(6)3(7)4(8)12(9,10)11;;;/h4*1-3,6-7H,(H,9,10,11);;;/q;;;;+1;+4;-1/p-4. The van der Waals surface area contributed by atoms with Crippen LogP contribution in [-0.4, -0.2) is 211 Å². The molecule has 0 aromatic rings. The summed E-state index contributed by atoms with van der Waals surface area (Å²) in [5, 5.41) is 59.2. The van der Waals surface area contributed by atoms with Crippen molar-refractivity contribution in [1.29, 1.82) is 0 Å². The van der Waals surface area contributed by atoms with Crippen LogP contribution in [0.1, 0.15) is 1.43 Å². The van der Waals surface area contributed by atoms with E-state index in [1.165, 1.54) is 0 Å². The van der Waals surface area contributed by atoms with Crippen molar-refractivity contribution >= 4 is 110 Å². The summed E-state index contributed by atoms with van der Waals surface area (Å²) >= 11 is 0. The number of aliphatic hydroxyl groups excluding tert-OH is 8. The minimum Gasteiger partial charge on any atom is -1.00 e. The fraction of sp³-hybridized carbons (Fsp3) is 0.500. The minimum atomic E-state index is -5.31. The van der Waals surface area contributed by atoms with Crippen LogP contribution in [0.4, 0.5) is 0 Å². The van der Waals surface area contributed by atoms with Gasteiger partial charge in [0.15, 0.2) is 90.0 Å². The molecule has 0 saturated heterocycles. The van der Waals surface area contributed by atoms with Crippen LogP contribution in [0, 0.1) is 0 Å². The van der Waals surface area contributed by atoms with E-state index in [-0.39, 0.29) is 80.0 Å². The number of aliphatic hydroxyl groups is 8. The largest absolute Gasteiger partial charge is 4.00 e. The molecule has 0 radical (unpaired) electrons. The molecule has 28 nitrogen and oxygen atoms in total. The molecule has 50 heavy (non-hydrogen) atoms. The number of aldehydes is 4. The molecule has 0 bridgehead atoms. The molecule has 0 aromatic heterocycles. The van der Waals surface area contributed by atoms with Gasteiger partial charge in [-0.25, -0.2) is 33.7 Å². The molecule has 0 rings (SSSR count). The first-order valence-corrected chi connectivity index (χ1v) is 16.1. The van der Waals surface area contributed by atoms with Crippen LogP contribution in [-0.2, 0) is 78.8 Å². The van der Waals surface area contributed by atoms with E-state index in [1.807, 2.05) is 0 Å². The zero-order valence-electron chi connectivity index (χ0n) is 24.8. The molecular formula is C16H21NaO28S4Sn. The van der Waals surface area contributed by atoms with E-state index in [4.69, 9.17) is 40.9 Å². The van der Waals surface area contributed by atoms with Gasteiger partial charge in [-0.1, -0.05) is 0 Å². The Morgan fingerprint density at radius 2 is 0.500 bits per heavy atom. The van der Waals surface area contributed by atoms with E-state index >= 15 is 0 Å². The average molecular weight is 931 g/mol. The second kappa shape index (κ2) is 26.3. The van der Waals surface area contributed by atoms with Gasteiger partial charge in [-0.15, -0.1) is 0 Å². The first-order chi connectivity index (χ1) is 21.2. The molecule has 0 aliphatic carbocycles. The number of hydrogen-bond donors (Lipinski definition) is 8. The molecule has 0 spiro atoms. The SMILES string of the molecule is O=CC(O)C(O)C(=O)S(=O)(=O)[O-].O=CC(O)C(O)C(=O)S(=O)(=O)[O-].O=CC(O)C(O)C(=O)S(=O)(=O)[O-].O=CC(O)C(O)C(=O)S(=O)(=O)[O-].[H-].[Na+].[Sn+4]. The quantitative estimate of drug-likeness (QED) is 0.0512. The second-order valence-corrected chi connectivity index (χ2v) is 12.6. The molecule has 282 valence electrons. The summed E-state index contributed by atoms with van der Waals surface area (Å²) in [7, 11) is -21.3. The Labute approximate surface area is 318 Å². The third-order valence-electron chi connectivity index (χ3n) is 3.80. The van der Waals surface area contributed by atoms with Crippen molar-refractivity contribution in [2.75, 3.05) is 0 Å². The van der Waals surface area contributed by atoms with Crippen molar-refractivity contribution in [1.82, 2.24) is 0 Å². The summed E-state index contributed by atoms with van der Waals surface area (Å²) in [5.74, 6) is 0. The Hall–Kier alpha value is -1.52. The zero-order valence-corrected chi connectivity index (χ0v) is 31.9. The Morgan fingerprint density at radius 3 is 0.560 bits per heavy atom. The van der Waals surface area contributed by atoms with Gasteiger partial charge in [0, 0.05) is 0 Å². The maximum absolute atomic E-state index is 10.3. The van der Waals surface area contributed by atoms with E-state index in [2.05, 4.69) is 0 Å². The average Bonchev–Trinajstić information content (AvgIpc) is 2.98. The van der Waals surface area contributed by atoms with Crippen LogP contribution in [0.25, 0.3) is 0 Å². The second-order valence-electron chi connectivity index (χ2n) is 7.38. The van der Waals surface area contributed by atoms with Crippen LogP contribution in [0.2, 0.25) is 0 Å². The van der Waals surface area contributed by atoms with Crippen molar-refractivity contribution < 1.29 is 162 Å². The van der Waals surface area contributed by atoms with E-state index in [0.29, 0.717) is 0 Å². The Kier molecular flexibility index (Phi) is 31.8. The van der Waals surface area contributed by atoms with Gasteiger partial charge in [0.05, 0.1) is 0 Å². The Morgan fingerprint density at radius 1 is 0.400 bits per heavy atom. The predicted molar refractivity (Wildman–Crippen MR) is 138 cm³/mol. The Bertz CT molecular complexity index is 1370. The smallest absolute Gasteiger partial charge is 1.00 e. The number of carbonyl (C=O) groups is 8. The number of carbonyl (C=O) groups excluding carboxylic acids is 8. The van der Waals surface area contributed by atoms with Gasteiger partial charge in [-0.05, 0) is 0 Å². The van der Waals surface area contributed by atoms with E-state index in [1.54, 1.807) is 0 Å². The molecule has 0 fully saturated rings. The summed E-state index contributed by atoms with van der Waals surface area (Å²) in [6.45, 7) is 0. The first kappa shape index (κ1) is 60.6. The predicted octanol–water partition coefficient (Wildman–Crippen LogP) is -15.3.